The molecule has 0 spiro atoms. The average molecular weight is 271 g/mol. The highest BCUT2D eigenvalue weighted by molar-refractivity contribution is 7.07. The van der Waals surface area contributed by atoms with Crippen LogP contribution >= 0.6 is 11.3 Å². The number of hydrogen-bond acceptors (Lipinski definition) is 3. The first-order valence-electron chi connectivity index (χ1n) is 6.06. The second-order valence-corrected chi connectivity index (χ2v) is 5.05. The normalized spacial score (nSPS) is 10.7. The van der Waals surface area contributed by atoms with E-state index in [9.17, 15) is 4.79 Å². The number of benzene rings is 1. The van der Waals surface area contributed by atoms with Crippen molar-refractivity contribution in [2.45, 2.75) is 12.8 Å². The fourth-order valence-electron chi connectivity index (χ4n) is 1.93. The fourth-order valence-corrected chi connectivity index (χ4v) is 2.63. The minimum Gasteiger partial charge on any atom is -0.273 e. The molecule has 0 radical (unpaired) electrons. The second-order valence-electron chi connectivity index (χ2n) is 4.27. The zero-order valence-electron chi connectivity index (χ0n) is 10.2. The molecular weight excluding hydrogens is 258 g/mol. The van der Waals surface area contributed by atoms with Gasteiger partial charge in [0.15, 0.2) is 0 Å². The maximum atomic E-state index is 11.9. The van der Waals surface area contributed by atoms with Gasteiger partial charge in [-0.25, -0.2) is 9.66 Å². The number of carbonyl (C=O) groups excluding carboxylic acids is 1. The number of aromatic nitrogens is 2. The summed E-state index contributed by atoms with van der Waals surface area (Å²) >= 11 is 1.65. The number of carbonyl (C=O) groups is 1. The smallest absolute Gasteiger partial charge is 0.239 e. The third kappa shape index (κ3) is 2.66. The highest BCUT2D eigenvalue weighted by Crippen LogP contribution is 2.11. The number of amides is 1. The van der Waals surface area contributed by atoms with Crippen molar-refractivity contribution in [2.24, 2.45) is 0 Å². The minimum absolute atomic E-state index is 0.00523. The van der Waals surface area contributed by atoms with Crippen LogP contribution in [0.25, 0.3) is 11.0 Å². The molecule has 19 heavy (non-hydrogen) atoms. The number of hydrogen-bond donors (Lipinski definition) is 1. The zero-order chi connectivity index (χ0) is 13.1. The van der Waals surface area contributed by atoms with Crippen molar-refractivity contribution in [1.29, 1.82) is 0 Å². The van der Waals surface area contributed by atoms with Gasteiger partial charge >= 0.3 is 0 Å². The third-order valence-corrected chi connectivity index (χ3v) is 3.65. The van der Waals surface area contributed by atoms with E-state index in [1.807, 2.05) is 35.7 Å². The molecule has 3 rings (SSSR count). The number of nitrogens with zero attached hydrogens (tertiary/aromatic N) is 2. The topological polar surface area (TPSA) is 46.9 Å². The number of nitrogens with one attached hydrogen (secondary N) is 1. The summed E-state index contributed by atoms with van der Waals surface area (Å²) < 4.78 is 1.67. The Balaban J connectivity index is 1.66. The molecule has 0 aliphatic heterocycles. The molecule has 3 aromatic rings. The first-order chi connectivity index (χ1) is 9.33. The number of rotatable bonds is 4. The summed E-state index contributed by atoms with van der Waals surface area (Å²) in [4.78, 5) is 16.1. The standard InChI is InChI=1S/C14H13N3OS/c18-14(6-5-11-7-8-19-9-11)16-17-10-15-12-3-1-2-4-13(12)17/h1-4,7-10H,5-6H2,(H,16,18). The van der Waals surface area contributed by atoms with Crippen molar-refractivity contribution in [1.82, 2.24) is 9.66 Å². The lowest BCUT2D eigenvalue weighted by Gasteiger charge is -2.06. The van der Waals surface area contributed by atoms with Crippen molar-refractivity contribution in [3.8, 4) is 0 Å². The van der Waals surface area contributed by atoms with Crippen LogP contribution in [0.3, 0.4) is 0 Å². The van der Waals surface area contributed by atoms with Gasteiger partial charge in [-0.15, -0.1) is 0 Å². The van der Waals surface area contributed by atoms with E-state index in [2.05, 4.69) is 15.8 Å². The second kappa shape index (κ2) is 5.24. The lowest BCUT2D eigenvalue weighted by atomic mass is 10.2. The van der Waals surface area contributed by atoms with E-state index in [4.69, 9.17) is 0 Å². The van der Waals surface area contributed by atoms with Crippen LogP contribution in [-0.4, -0.2) is 15.6 Å². The van der Waals surface area contributed by atoms with Gasteiger partial charge in [0, 0.05) is 6.42 Å². The summed E-state index contributed by atoms with van der Waals surface area (Å²) in [6, 6.07) is 9.76. The van der Waals surface area contributed by atoms with Gasteiger partial charge in [0.25, 0.3) is 0 Å². The molecule has 0 aliphatic carbocycles. The molecular formula is C14H13N3OS. The van der Waals surface area contributed by atoms with Gasteiger partial charge < -0.3 is 0 Å². The van der Waals surface area contributed by atoms with Crippen LogP contribution in [0.5, 0.6) is 0 Å². The molecule has 0 bridgehead atoms. The SMILES string of the molecule is O=C(CCc1ccsc1)Nn1cnc2ccccc21. The van der Waals surface area contributed by atoms with Crippen molar-refractivity contribution in [3.63, 3.8) is 0 Å². The summed E-state index contributed by atoms with van der Waals surface area (Å²) in [7, 11) is 0. The van der Waals surface area contributed by atoms with Crippen molar-refractivity contribution in [3.05, 3.63) is 53.0 Å². The molecule has 2 heterocycles. The van der Waals surface area contributed by atoms with Gasteiger partial charge in [0.1, 0.15) is 6.33 Å². The summed E-state index contributed by atoms with van der Waals surface area (Å²) in [5.41, 5.74) is 5.83. The lowest BCUT2D eigenvalue weighted by Crippen LogP contribution is -2.22. The van der Waals surface area contributed by atoms with Gasteiger partial charge in [0.05, 0.1) is 11.0 Å². The summed E-state index contributed by atoms with van der Waals surface area (Å²) in [6.07, 6.45) is 2.87. The third-order valence-electron chi connectivity index (χ3n) is 2.92. The Bertz CT molecular complexity index is 688. The molecule has 96 valence electrons. The fraction of sp³-hybridized carbons (Fsp3) is 0.143. The van der Waals surface area contributed by atoms with E-state index < -0.39 is 0 Å². The van der Waals surface area contributed by atoms with Gasteiger partial charge in [-0.1, -0.05) is 12.1 Å². The maximum absolute atomic E-state index is 11.9. The van der Waals surface area contributed by atoms with Gasteiger partial charge in [0.2, 0.25) is 5.91 Å². The summed E-state index contributed by atoms with van der Waals surface area (Å²) in [5, 5.41) is 4.09. The molecule has 0 unspecified atom stereocenters. The number of thiophene rings is 1. The molecule has 1 aromatic carbocycles. The van der Waals surface area contributed by atoms with Gasteiger partial charge in [-0.3, -0.25) is 10.2 Å². The molecule has 5 heteroatoms. The molecule has 1 amide bonds. The number of imidazole rings is 1. The Labute approximate surface area is 114 Å². The number of para-hydroxylation sites is 2. The van der Waals surface area contributed by atoms with Gasteiger partial charge in [-0.2, -0.15) is 11.3 Å². The zero-order valence-corrected chi connectivity index (χ0v) is 11.1. The van der Waals surface area contributed by atoms with E-state index in [0.29, 0.717) is 6.42 Å². The van der Waals surface area contributed by atoms with E-state index in [1.165, 1.54) is 5.56 Å². The molecule has 0 saturated heterocycles. The Morgan fingerprint density at radius 1 is 1.32 bits per heavy atom. The first kappa shape index (κ1) is 11.9. The van der Waals surface area contributed by atoms with Crippen LogP contribution in [0.15, 0.2) is 47.4 Å². The average Bonchev–Trinajstić information content (AvgIpc) is 3.07. The molecule has 0 atom stereocenters. The Kier molecular flexibility index (Phi) is 3.29. The molecule has 0 saturated carbocycles. The van der Waals surface area contributed by atoms with E-state index in [-0.39, 0.29) is 5.91 Å². The lowest BCUT2D eigenvalue weighted by molar-refractivity contribution is -0.117. The van der Waals surface area contributed by atoms with E-state index >= 15 is 0 Å². The first-order valence-corrected chi connectivity index (χ1v) is 7.00. The number of fused-ring (bicyclic) bond motifs is 1. The predicted octanol–water partition coefficient (Wildman–Crippen LogP) is 2.80. The van der Waals surface area contributed by atoms with E-state index in [1.54, 1.807) is 22.3 Å². The predicted molar refractivity (Wildman–Crippen MR) is 76.7 cm³/mol. The number of aryl methyl sites for hydroxylation is 1. The highest BCUT2D eigenvalue weighted by atomic mass is 32.1. The van der Waals surface area contributed by atoms with Crippen LogP contribution < -0.4 is 5.43 Å². The molecule has 1 N–H and O–H groups in total. The van der Waals surface area contributed by atoms with E-state index in [0.717, 1.165) is 17.5 Å². The monoisotopic (exact) mass is 271 g/mol. The quantitative estimate of drug-likeness (QED) is 0.793. The van der Waals surface area contributed by atoms with Crippen LogP contribution in [0.4, 0.5) is 0 Å². The Morgan fingerprint density at radius 3 is 3.05 bits per heavy atom. The Hall–Kier alpha value is -2.14. The van der Waals surface area contributed by atoms with Crippen molar-refractivity contribution < 1.29 is 4.79 Å². The van der Waals surface area contributed by atoms with Crippen molar-refractivity contribution >= 4 is 28.3 Å². The molecule has 2 aromatic heterocycles. The van der Waals surface area contributed by atoms with Crippen molar-refractivity contribution in [2.75, 3.05) is 5.43 Å². The van der Waals surface area contributed by atoms with Crippen LogP contribution in [-0.2, 0) is 11.2 Å². The van der Waals surface area contributed by atoms with Crippen LogP contribution in [0, 0.1) is 0 Å². The largest absolute Gasteiger partial charge is 0.273 e. The highest BCUT2D eigenvalue weighted by Gasteiger charge is 2.06. The van der Waals surface area contributed by atoms with Crippen LogP contribution in [0.1, 0.15) is 12.0 Å². The Morgan fingerprint density at radius 2 is 2.21 bits per heavy atom. The molecule has 0 aliphatic rings. The summed E-state index contributed by atoms with van der Waals surface area (Å²) in [5.74, 6) is -0.00523. The molecule has 0 fully saturated rings. The summed E-state index contributed by atoms with van der Waals surface area (Å²) in [6.45, 7) is 0. The molecule has 4 nitrogen and oxygen atoms in total. The maximum Gasteiger partial charge on any atom is 0.239 e. The van der Waals surface area contributed by atoms with Crippen LogP contribution in [0.2, 0.25) is 0 Å². The minimum atomic E-state index is -0.00523. The van der Waals surface area contributed by atoms with Gasteiger partial charge in [-0.05, 0) is 40.9 Å².